The molecule has 2 bridgehead atoms. The van der Waals surface area contributed by atoms with Gasteiger partial charge in [-0.05, 0) is 37.3 Å². The van der Waals surface area contributed by atoms with Crippen molar-refractivity contribution in [3.8, 4) is 0 Å². The molecule has 0 saturated carbocycles. The number of piperidine rings is 3. The van der Waals surface area contributed by atoms with Crippen molar-refractivity contribution in [2.75, 3.05) is 13.1 Å². The second-order valence-corrected chi connectivity index (χ2v) is 5.14. The van der Waals surface area contributed by atoms with Crippen LogP contribution in [0.5, 0.6) is 0 Å². The van der Waals surface area contributed by atoms with Gasteiger partial charge >= 0.3 is 0 Å². The van der Waals surface area contributed by atoms with Gasteiger partial charge in [0, 0.05) is 30.4 Å². The molecule has 0 radical (unpaired) electrons. The van der Waals surface area contributed by atoms with Crippen LogP contribution in [0.25, 0.3) is 0 Å². The van der Waals surface area contributed by atoms with Crippen molar-refractivity contribution >= 4 is 5.78 Å². The fourth-order valence-electron chi connectivity index (χ4n) is 2.88. The predicted octanol–water partition coefficient (Wildman–Crippen LogP) is 3.01. The third kappa shape index (κ3) is 2.17. The number of allylic oxidation sites excluding steroid dienone is 2. The van der Waals surface area contributed by atoms with Crippen molar-refractivity contribution in [2.24, 2.45) is 5.92 Å². The smallest absolute Gasteiger partial charge is 0.187 e. The topological polar surface area (TPSA) is 20.3 Å². The second kappa shape index (κ2) is 4.56. The fraction of sp³-hybridized carbons (Fsp3) is 0.400. The van der Waals surface area contributed by atoms with Crippen LogP contribution in [0.2, 0.25) is 0 Å². The van der Waals surface area contributed by atoms with Gasteiger partial charge in [-0.3, -0.25) is 4.79 Å². The van der Waals surface area contributed by atoms with Crippen LogP contribution in [0.4, 0.5) is 4.39 Å². The maximum absolute atomic E-state index is 13.1. The van der Waals surface area contributed by atoms with Crippen molar-refractivity contribution in [2.45, 2.75) is 19.3 Å². The van der Waals surface area contributed by atoms with Crippen molar-refractivity contribution < 1.29 is 9.18 Å². The molecule has 0 N–H and O–H groups in total. The number of halogens is 1. The molecule has 2 nitrogen and oxygen atoms in total. The molecule has 3 aliphatic rings. The molecule has 4 rings (SSSR count). The lowest BCUT2D eigenvalue weighted by molar-refractivity contribution is 0.103. The van der Waals surface area contributed by atoms with E-state index in [1.165, 1.54) is 25.0 Å². The summed E-state index contributed by atoms with van der Waals surface area (Å²) in [6, 6.07) is 5.90. The molecule has 3 heterocycles. The highest BCUT2D eigenvalue weighted by Crippen LogP contribution is 2.34. The van der Waals surface area contributed by atoms with E-state index in [0.29, 0.717) is 5.56 Å². The van der Waals surface area contributed by atoms with Gasteiger partial charge in [-0.15, -0.1) is 0 Å². The number of rotatable bonds is 2. The van der Waals surface area contributed by atoms with Crippen molar-refractivity contribution in [1.82, 2.24) is 4.90 Å². The number of carbonyl (C=O) groups is 1. The molecule has 3 heteroatoms. The van der Waals surface area contributed by atoms with Crippen molar-refractivity contribution in [3.05, 3.63) is 47.4 Å². The monoisotopic (exact) mass is 245 g/mol. The minimum Gasteiger partial charge on any atom is -0.375 e. The van der Waals surface area contributed by atoms with Gasteiger partial charge in [-0.1, -0.05) is 12.1 Å². The summed E-state index contributed by atoms with van der Waals surface area (Å²) in [5.41, 5.74) is 1.57. The molecular weight excluding hydrogens is 229 g/mol. The largest absolute Gasteiger partial charge is 0.375 e. The van der Waals surface area contributed by atoms with Gasteiger partial charge in [0.15, 0.2) is 5.78 Å². The summed E-state index contributed by atoms with van der Waals surface area (Å²) in [6.07, 6.45) is 5.18. The van der Waals surface area contributed by atoms with Crippen LogP contribution >= 0.6 is 0 Å². The standard InChI is InChI=1S/C15H16FNO/c16-13-3-1-2-12(9-13)15(18)10-14-8-11-4-6-17(14)7-5-11/h1-3,9-11H,4-8H2/b14-10+. The molecule has 18 heavy (non-hydrogen) atoms. The molecule has 1 aromatic rings. The van der Waals surface area contributed by atoms with Gasteiger partial charge in [0.05, 0.1) is 0 Å². The number of fused-ring (bicyclic) bond motifs is 3. The second-order valence-electron chi connectivity index (χ2n) is 5.14. The Morgan fingerprint density at radius 3 is 2.72 bits per heavy atom. The molecule has 3 aliphatic heterocycles. The highest BCUT2D eigenvalue weighted by atomic mass is 19.1. The van der Waals surface area contributed by atoms with E-state index in [1.807, 2.05) is 0 Å². The Kier molecular flexibility index (Phi) is 2.90. The van der Waals surface area contributed by atoms with E-state index >= 15 is 0 Å². The number of benzene rings is 1. The van der Waals surface area contributed by atoms with Crippen LogP contribution in [-0.4, -0.2) is 23.8 Å². The van der Waals surface area contributed by atoms with E-state index in [9.17, 15) is 9.18 Å². The van der Waals surface area contributed by atoms with Gasteiger partial charge in [0.1, 0.15) is 5.82 Å². The summed E-state index contributed by atoms with van der Waals surface area (Å²) in [6.45, 7) is 2.12. The highest BCUT2D eigenvalue weighted by Gasteiger charge is 2.28. The third-order valence-corrected chi connectivity index (χ3v) is 3.93. The zero-order valence-electron chi connectivity index (χ0n) is 10.2. The molecule has 0 aromatic heterocycles. The molecule has 3 fully saturated rings. The zero-order chi connectivity index (χ0) is 12.5. The van der Waals surface area contributed by atoms with Crippen LogP contribution in [-0.2, 0) is 0 Å². The molecule has 0 unspecified atom stereocenters. The highest BCUT2D eigenvalue weighted by molar-refractivity contribution is 6.04. The number of nitrogens with zero attached hydrogens (tertiary/aromatic N) is 1. The zero-order valence-corrected chi connectivity index (χ0v) is 10.2. The van der Waals surface area contributed by atoms with Gasteiger partial charge in [-0.2, -0.15) is 0 Å². The lowest BCUT2D eigenvalue weighted by Crippen LogP contribution is -2.39. The summed E-state index contributed by atoms with van der Waals surface area (Å²) < 4.78 is 13.1. The Hall–Kier alpha value is -1.64. The van der Waals surface area contributed by atoms with Gasteiger partial charge in [0.25, 0.3) is 0 Å². The average Bonchev–Trinajstić information content (AvgIpc) is 2.40. The Morgan fingerprint density at radius 1 is 1.33 bits per heavy atom. The summed E-state index contributed by atoms with van der Waals surface area (Å²) in [4.78, 5) is 14.4. The Balaban J connectivity index is 1.81. The van der Waals surface area contributed by atoms with E-state index in [-0.39, 0.29) is 11.6 Å². The number of hydrogen-bond donors (Lipinski definition) is 0. The molecule has 0 spiro atoms. The number of carbonyl (C=O) groups excluding carboxylic acids is 1. The fourth-order valence-corrected chi connectivity index (χ4v) is 2.88. The van der Waals surface area contributed by atoms with E-state index in [0.717, 1.165) is 31.1 Å². The van der Waals surface area contributed by atoms with E-state index in [1.54, 1.807) is 18.2 Å². The van der Waals surface area contributed by atoms with E-state index in [2.05, 4.69) is 4.90 Å². The van der Waals surface area contributed by atoms with Crippen LogP contribution in [0.3, 0.4) is 0 Å². The maximum atomic E-state index is 13.1. The van der Waals surface area contributed by atoms with E-state index < -0.39 is 0 Å². The number of hydrogen-bond acceptors (Lipinski definition) is 2. The van der Waals surface area contributed by atoms with Crippen LogP contribution in [0, 0.1) is 11.7 Å². The minimum atomic E-state index is -0.357. The molecule has 0 aliphatic carbocycles. The van der Waals surface area contributed by atoms with Gasteiger partial charge < -0.3 is 4.90 Å². The summed E-state index contributed by atoms with van der Waals surface area (Å²) in [5, 5.41) is 0. The van der Waals surface area contributed by atoms with Crippen molar-refractivity contribution in [3.63, 3.8) is 0 Å². The first-order chi connectivity index (χ1) is 8.72. The lowest BCUT2D eigenvalue weighted by Gasteiger charge is -2.42. The van der Waals surface area contributed by atoms with Gasteiger partial charge in [0.2, 0.25) is 0 Å². The quantitative estimate of drug-likeness (QED) is 0.589. The van der Waals surface area contributed by atoms with Gasteiger partial charge in [-0.25, -0.2) is 4.39 Å². The molecule has 94 valence electrons. The predicted molar refractivity (Wildman–Crippen MR) is 67.7 cm³/mol. The average molecular weight is 245 g/mol. The Labute approximate surface area is 106 Å². The third-order valence-electron chi connectivity index (χ3n) is 3.93. The van der Waals surface area contributed by atoms with Crippen LogP contribution in [0.15, 0.2) is 36.0 Å². The molecular formula is C15H16FNO. The molecule has 3 saturated heterocycles. The summed E-state index contributed by atoms with van der Waals surface area (Å²) >= 11 is 0. The molecule has 1 aromatic carbocycles. The maximum Gasteiger partial charge on any atom is 0.187 e. The van der Waals surface area contributed by atoms with Crippen molar-refractivity contribution in [1.29, 1.82) is 0 Å². The molecule has 0 atom stereocenters. The lowest BCUT2D eigenvalue weighted by atomic mass is 9.85. The first kappa shape index (κ1) is 11.5. The van der Waals surface area contributed by atoms with Crippen LogP contribution in [0.1, 0.15) is 29.6 Å². The van der Waals surface area contributed by atoms with Crippen LogP contribution < -0.4 is 0 Å². The SMILES string of the molecule is O=C(/C=C1\CC2CCN1CC2)c1cccc(F)c1. The minimum absolute atomic E-state index is 0.0861. The first-order valence-corrected chi connectivity index (χ1v) is 6.48. The van der Waals surface area contributed by atoms with E-state index in [4.69, 9.17) is 0 Å². The number of ketones is 1. The normalized spacial score (nSPS) is 21.6. The molecule has 0 amide bonds. The summed E-state index contributed by atoms with van der Waals surface area (Å²) in [7, 11) is 0. The summed E-state index contributed by atoms with van der Waals surface area (Å²) in [5.74, 6) is 0.295. The Morgan fingerprint density at radius 2 is 2.11 bits per heavy atom. The first-order valence-electron chi connectivity index (χ1n) is 6.48. The Bertz CT molecular complexity index is 501.